The quantitative estimate of drug-likeness (QED) is 0.746. The van der Waals surface area contributed by atoms with Crippen molar-refractivity contribution in [1.82, 2.24) is 0 Å². The Morgan fingerprint density at radius 3 is 2.69 bits per heavy atom. The predicted molar refractivity (Wildman–Crippen MR) is 47.5 cm³/mol. The Kier molecular flexibility index (Phi) is 3.74. The zero-order valence-electron chi connectivity index (χ0n) is 7.79. The molecule has 1 aromatic carbocycles. The zero-order valence-corrected chi connectivity index (χ0v) is 14.2. The number of aryl methyl sites for hydroxylation is 1. The smallest absolute Gasteiger partial charge is 0.153 e. The molecule has 2 nitrogen and oxygen atoms in total. The summed E-state index contributed by atoms with van der Waals surface area (Å²) in [5, 5.41) is 9.17. The van der Waals surface area contributed by atoms with E-state index in [0.29, 0.717) is 11.8 Å². The molecule has 0 spiro atoms. The van der Waals surface area contributed by atoms with Crippen LogP contribution in [0.15, 0.2) is 18.2 Å². The van der Waals surface area contributed by atoms with E-state index < -0.39 is 0 Å². The van der Waals surface area contributed by atoms with Gasteiger partial charge in [-0.05, 0) is 24.1 Å². The minimum Gasteiger partial charge on any atom is -0.507 e. The van der Waals surface area contributed by atoms with Crippen LogP contribution in [0.4, 0.5) is 0 Å². The number of phenolic OH excluding ortho intramolecular Hbond substituents is 1. The summed E-state index contributed by atoms with van der Waals surface area (Å²) >= 11 is 0. The number of carbonyl (C=O) groups excluding carboxylic acids is 1. The molecule has 1 aromatic rings. The van der Waals surface area contributed by atoms with Gasteiger partial charge in [-0.2, -0.15) is 0 Å². The third-order valence-corrected chi connectivity index (χ3v) is 1.76. The van der Waals surface area contributed by atoms with Crippen LogP contribution in [-0.2, 0) is 6.42 Å². The van der Waals surface area contributed by atoms with Crippen LogP contribution < -0.4 is 0 Å². The number of aromatic hydroxyl groups is 1. The van der Waals surface area contributed by atoms with Gasteiger partial charge in [-0.15, -0.1) is 0 Å². The molecule has 66 valence electrons. The van der Waals surface area contributed by atoms with Gasteiger partial charge in [0.2, 0.25) is 0 Å². The van der Waals surface area contributed by atoms with E-state index >= 15 is 0 Å². The van der Waals surface area contributed by atoms with Gasteiger partial charge in [-0.25, -0.2) is 0 Å². The molecule has 13 heavy (non-hydrogen) atoms. The number of hydrogen-bond acceptors (Lipinski definition) is 2. The minimum absolute atomic E-state index is 0. The summed E-state index contributed by atoms with van der Waals surface area (Å²) in [6, 6.07) is 5.13. The van der Waals surface area contributed by atoms with Crippen LogP contribution in [0.1, 0.15) is 29.3 Å². The standard InChI is InChI=1S/C10H12O2.Rf/c1-2-3-8-4-5-10(12)9(6-8)7-11;/h4-7,12H,2-3H2,1H3;. The number of rotatable bonds is 3. The third kappa shape index (κ3) is 2.33. The molecule has 0 heterocycles. The molecule has 0 fully saturated rings. The first-order chi connectivity index (χ1) is 5.77. The Labute approximate surface area is 71.8 Å². The van der Waals surface area contributed by atoms with Crippen molar-refractivity contribution in [3.8, 4) is 5.75 Å². The molecule has 0 saturated carbocycles. The molecule has 0 aromatic heterocycles. The molecule has 3 heteroatoms. The number of aldehydes is 1. The average Bonchev–Trinajstić information content (AvgIpc) is 2.09. The molecule has 0 aliphatic rings. The second-order valence-electron chi connectivity index (χ2n) is 2.76. The summed E-state index contributed by atoms with van der Waals surface area (Å²) in [5.41, 5.74) is 1.47. The first-order valence-corrected chi connectivity index (χ1v) is 4.05. The summed E-state index contributed by atoms with van der Waals surface area (Å²) in [4.78, 5) is 10.4. The van der Waals surface area contributed by atoms with E-state index in [-0.39, 0.29) is 5.75 Å². The molecule has 0 saturated heterocycles. The van der Waals surface area contributed by atoms with E-state index in [9.17, 15) is 9.90 Å². The maximum Gasteiger partial charge on any atom is 0.153 e. The summed E-state index contributed by atoms with van der Waals surface area (Å²) in [5.74, 6) is 0.0600. The van der Waals surface area contributed by atoms with Crippen LogP contribution in [0.25, 0.3) is 0 Å². The Balaban J connectivity index is 0.00000144. The first kappa shape index (κ1) is 10.7. The average molecular weight is 431 g/mol. The van der Waals surface area contributed by atoms with Gasteiger partial charge < -0.3 is 5.11 Å². The SMILES string of the molecule is CCCc1ccc(O)c(C=O)c1.[Rf]. The van der Waals surface area contributed by atoms with Crippen molar-refractivity contribution in [2.24, 2.45) is 0 Å². The van der Waals surface area contributed by atoms with Crippen LogP contribution in [0.5, 0.6) is 5.75 Å². The summed E-state index contributed by atoms with van der Waals surface area (Å²) in [6.07, 6.45) is 2.67. The van der Waals surface area contributed by atoms with Gasteiger partial charge in [0.05, 0.1) is 5.56 Å². The largest absolute Gasteiger partial charge is 0.507 e. The molecular formula is C10H12O2Rf. The fourth-order valence-corrected chi connectivity index (χ4v) is 1.14. The van der Waals surface area contributed by atoms with Gasteiger partial charge in [0.25, 0.3) is 0 Å². The normalized spacial score (nSPS) is 9.00. The van der Waals surface area contributed by atoms with Gasteiger partial charge in [0, 0.05) is 0 Å². The zero-order chi connectivity index (χ0) is 8.97. The Morgan fingerprint density at radius 1 is 1.46 bits per heavy atom. The van der Waals surface area contributed by atoms with Gasteiger partial charge in [0.15, 0.2) is 6.29 Å². The fraction of sp³-hybridized carbons (Fsp3) is 0.300. The monoisotopic (exact) mass is 431 g/mol. The maximum atomic E-state index is 10.4. The summed E-state index contributed by atoms with van der Waals surface area (Å²) in [7, 11) is 0. The molecule has 0 unspecified atom stereocenters. The minimum atomic E-state index is 0. The molecule has 1 rings (SSSR count). The first-order valence-electron chi connectivity index (χ1n) is 4.05. The van der Waals surface area contributed by atoms with Crippen molar-refractivity contribution in [3.63, 3.8) is 0 Å². The molecule has 0 radical (unpaired) electrons. The van der Waals surface area contributed by atoms with Crippen LogP contribution >= 0.6 is 0 Å². The molecule has 0 amide bonds. The van der Waals surface area contributed by atoms with Gasteiger partial charge >= 0.3 is 0 Å². The van der Waals surface area contributed by atoms with E-state index in [4.69, 9.17) is 0 Å². The van der Waals surface area contributed by atoms with E-state index in [0.717, 1.165) is 18.4 Å². The van der Waals surface area contributed by atoms with Crippen LogP contribution in [0.3, 0.4) is 0 Å². The van der Waals surface area contributed by atoms with Crippen LogP contribution in [-0.4, -0.2) is 11.4 Å². The summed E-state index contributed by atoms with van der Waals surface area (Å²) < 4.78 is 0. The topological polar surface area (TPSA) is 37.3 Å². The number of phenols is 1. The van der Waals surface area contributed by atoms with E-state index in [1.54, 1.807) is 12.1 Å². The van der Waals surface area contributed by atoms with Crippen molar-refractivity contribution < 1.29 is 9.90 Å². The molecule has 0 bridgehead atoms. The number of benzene rings is 1. The van der Waals surface area contributed by atoms with Crippen LogP contribution in [0.2, 0.25) is 0 Å². The molecule has 0 aliphatic carbocycles. The molecule has 0 atom stereocenters. The Bertz CT molecular complexity index is 284. The number of carbonyl (C=O) groups is 1. The second kappa shape index (κ2) is 4.54. The Morgan fingerprint density at radius 2 is 2.15 bits per heavy atom. The third-order valence-electron chi connectivity index (χ3n) is 1.76. The van der Waals surface area contributed by atoms with Crippen molar-refractivity contribution >= 4 is 6.29 Å². The van der Waals surface area contributed by atoms with Crippen molar-refractivity contribution in [2.45, 2.75) is 19.8 Å². The van der Waals surface area contributed by atoms with E-state index in [1.165, 1.54) is 0 Å². The van der Waals surface area contributed by atoms with Crippen molar-refractivity contribution in [3.05, 3.63) is 29.3 Å². The maximum absolute atomic E-state index is 10.4. The van der Waals surface area contributed by atoms with Crippen molar-refractivity contribution in [1.29, 1.82) is 0 Å². The summed E-state index contributed by atoms with van der Waals surface area (Å²) in [6.45, 7) is 2.08. The van der Waals surface area contributed by atoms with E-state index in [2.05, 4.69) is 6.92 Å². The fourth-order valence-electron chi connectivity index (χ4n) is 1.14. The van der Waals surface area contributed by atoms with Crippen molar-refractivity contribution in [2.75, 3.05) is 0 Å². The van der Waals surface area contributed by atoms with E-state index in [1.807, 2.05) is 6.07 Å². The second-order valence-corrected chi connectivity index (χ2v) is 2.76. The van der Waals surface area contributed by atoms with Gasteiger partial charge in [-0.3, -0.25) is 4.79 Å². The van der Waals surface area contributed by atoms with Gasteiger partial charge in [0.1, 0.15) is 5.75 Å². The predicted octanol–water partition coefficient (Wildman–Crippen LogP) is 2.16. The molecular weight excluding hydrogens is 419 g/mol. The molecule has 1 N–H and O–H groups in total. The van der Waals surface area contributed by atoms with Crippen LogP contribution in [0, 0.1) is 0 Å². The van der Waals surface area contributed by atoms with Gasteiger partial charge in [-0.1, -0.05) is 19.4 Å². The number of hydrogen-bond donors (Lipinski definition) is 1. The Hall–Kier alpha value is -2.31. The molecule has 0 aliphatic heterocycles.